The van der Waals surface area contributed by atoms with Crippen LogP contribution in [0.1, 0.15) is 28.7 Å². The lowest BCUT2D eigenvalue weighted by Gasteiger charge is -2.04. The Balaban J connectivity index is 2.14. The molecule has 0 bridgehead atoms. The van der Waals surface area contributed by atoms with Crippen molar-refractivity contribution in [3.05, 3.63) is 45.7 Å². The molecule has 0 amide bonds. The second-order valence-corrected chi connectivity index (χ2v) is 6.18. The minimum atomic E-state index is 0.0972. The molecule has 0 unspecified atom stereocenters. The molecule has 5 heteroatoms. The van der Waals surface area contributed by atoms with Crippen LogP contribution in [0.2, 0.25) is 0 Å². The number of Topliss-reactive ketones (excluding diaryl/α,β-unsaturated/α-hetero) is 1. The highest BCUT2D eigenvalue weighted by Crippen LogP contribution is 2.28. The topological polar surface area (TPSA) is 34.9 Å². The van der Waals surface area contributed by atoms with E-state index in [4.69, 9.17) is 0 Å². The van der Waals surface area contributed by atoms with Gasteiger partial charge < -0.3 is 0 Å². The van der Waals surface area contributed by atoms with Crippen LogP contribution in [-0.4, -0.2) is 15.6 Å². The van der Waals surface area contributed by atoms with Crippen LogP contribution in [0.4, 0.5) is 0 Å². The maximum absolute atomic E-state index is 11.4. The van der Waals surface area contributed by atoms with E-state index >= 15 is 0 Å². The van der Waals surface area contributed by atoms with Gasteiger partial charge in [0.2, 0.25) is 0 Å². The molecule has 0 N–H and O–H groups in total. The summed E-state index contributed by atoms with van der Waals surface area (Å²) in [7, 11) is 1.94. The fourth-order valence-corrected chi connectivity index (χ4v) is 3.47. The molecule has 0 saturated carbocycles. The first kappa shape index (κ1) is 14.3. The number of benzene rings is 1. The Labute approximate surface area is 125 Å². The van der Waals surface area contributed by atoms with Crippen LogP contribution in [0.15, 0.2) is 33.6 Å². The Bertz CT molecular complexity index is 622. The summed E-state index contributed by atoms with van der Waals surface area (Å²) in [5.74, 6) is 0.916. The second-order valence-electron chi connectivity index (χ2n) is 4.34. The van der Waals surface area contributed by atoms with Crippen molar-refractivity contribution in [3.8, 4) is 0 Å². The van der Waals surface area contributed by atoms with Crippen molar-refractivity contribution in [3.63, 3.8) is 0 Å². The van der Waals surface area contributed by atoms with Crippen LogP contribution in [0.5, 0.6) is 0 Å². The zero-order valence-corrected chi connectivity index (χ0v) is 13.5. The third-order valence-corrected chi connectivity index (χ3v) is 4.91. The molecular weight excluding hydrogens is 324 g/mol. The number of carbonyl (C=O) groups excluding carboxylic acids is 1. The Morgan fingerprint density at radius 1 is 1.47 bits per heavy atom. The first-order chi connectivity index (χ1) is 8.99. The molecule has 3 nitrogen and oxygen atoms in total. The van der Waals surface area contributed by atoms with Crippen molar-refractivity contribution in [1.82, 2.24) is 9.78 Å². The monoisotopic (exact) mass is 338 g/mol. The van der Waals surface area contributed by atoms with Gasteiger partial charge in [0, 0.05) is 23.3 Å². The summed E-state index contributed by atoms with van der Waals surface area (Å²) in [6, 6.07) is 7.72. The van der Waals surface area contributed by atoms with Crippen LogP contribution in [0, 0.1) is 6.92 Å². The van der Waals surface area contributed by atoms with Gasteiger partial charge in [0.25, 0.3) is 0 Å². The SMILES string of the molecule is CC(=O)c1cccc(SCc2c(Br)c(C)nn2C)c1. The van der Waals surface area contributed by atoms with Crippen molar-refractivity contribution in [2.45, 2.75) is 24.5 Å². The maximum atomic E-state index is 11.4. The largest absolute Gasteiger partial charge is 0.295 e. The molecule has 0 spiro atoms. The van der Waals surface area contributed by atoms with Gasteiger partial charge >= 0.3 is 0 Å². The van der Waals surface area contributed by atoms with Crippen LogP contribution in [-0.2, 0) is 12.8 Å². The molecule has 0 aliphatic carbocycles. The standard InChI is InChI=1S/C14H15BrN2OS/c1-9-14(15)13(17(3)16-9)8-19-12-6-4-5-11(7-12)10(2)18/h4-7H,8H2,1-3H3. The van der Waals surface area contributed by atoms with Crippen molar-refractivity contribution in [2.24, 2.45) is 7.05 Å². The first-order valence-electron chi connectivity index (χ1n) is 5.91. The molecule has 0 atom stereocenters. The zero-order chi connectivity index (χ0) is 14.0. The number of aryl methyl sites for hydroxylation is 2. The van der Waals surface area contributed by atoms with Gasteiger partial charge in [-0.05, 0) is 41.9 Å². The smallest absolute Gasteiger partial charge is 0.159 e. The van der Waals surface area contributed by atoms with E-state index in [0.29, 0.717) is 0 Å². The molecule has 1 aromatic heterocycles. The van der Waals surface area contributed by atoms with Crippen LogP contribution in [0.25, 0.3) is 0 Å². The summed E-state index contributed by atoms with van der Waals surface area (Å²) in [5.41, 5.74) is 2.90. The molecule has 0 saturated heterocycles. The molecular formula is C14H15BrN2OS. The molecule has 0 fully saturated rings. The van der Waals surface area contributed by atoms with Gasteiger partial charge in [-0.3, -0.25) is 9.48 Å². The summed E-state index contributed by atoms with van der Waals surface area (Å²) in [4.78, 5) is 12.4. The van der Waals surface area contributed by atoms with Gasteiger partial charge in [-0.15, -0.1) is 11.8 Å². The molecule has 2 aromatic rings. The highest BCUT2D eigenvalue weighted by Gasteiger charge is 2.11. The Morgan fingerprint density at radius 2 is 2.21 bits per heavy atom. The predicted octanol–water partition coefficient (Wildman–Crippen LogP) is 3.99. The molecule has 2 rings (SSSR count). The highest BCUT2D eigenvalue weighted by atomic mass is 79.9. The average molecular weight is 339 g/mol. The predicted molar refractivity (Wildman–Crippen MR) is 81.7 cm³/mol. The normalized spacial score (nSPS) is 10.7. The number of hydrogen-bond acceptors (Lipinski definition) is 3. The average Bonchev–Trinajstić information content (AvgIpc) is 2.61. The second kappa shape index (κ2) is 5.92. The van der Waals surface area contributed by atoms with Crippen molar-refractivity contribution in [1.29, 1.82) is 0 Å². The maximum Gasteiger partial charge on any atom is 0.159 e. The quantitative estimate of drug-likeness (QED) is 0.624. The van der Waals surface area contributed by atoms with Gasteiger partial charge in [-0.25, -0.2) is 0 Å². The minimum Gasteiger partial charge on any atom is -0.295 e. The number of hydrogen-bond donors (Lipinski definition) is 0. The van der Waals surface area contributed by atoms with Gasteiger partial charge in [0.15, 0.2) is 5.78 Å². The third-order valence-electron chi connectivity index (χ3n) is 2.88. The summed E-state index contributed by atoms with van der Waals surface area (Å²) in [6.07, 6.45) is 0. The summed E-state index contributed by atoms with van der Waals surface area (Å²) in [6.45, 7) is 3.57. The summed E-state index contributed by atoms with van der Waals surface area (Å²) >= 11 is 5.27. The van der Waals surface area contributed by atoms with Gasteiger partial charge in [-0.1, -0.05) is 12.1 Å². The minimum absolute atomic E-state index is 0.0972. The van der Waals surface area contributed by atoms with Gasteiger partial charge in [-0.2, -0.15) is 5.10 Å². The van der Waals surface area contributed by atoms with Crippen LogP contribution < -0.4 is 0 Å². The van der Waals surface area contributed by atoms with E-state index in [1.807, 2.05) is 42.9 Å². The number of ketones is 1. The lowest BCUT2D eigenvalue weighted by Crippen LogP contribution is -1.97. The molecule has 19 heavy (non-hydrogen) atoms. The highest BCUT2D eigenvalue weighted by molar-refractivity contribution is 9.10. The number of rotatable bonds is 4. The summed E-state index contributed by atoms with van der Waals surface area (Å²) in [5, 5.41) is 4.37. The van der Waals surface area contributed by atoms with E-state index in [1.165, 1.54) is 0 Å². The van der Waals surface area contributed by atoms with Gasteiger partial charge in [0.1, 0.15) is 0 Å². The Hall–Kier alpha value is -1.07. The number of thioether (sulfide) groups is 1. The van der Waals surface area contributed by atoms with Crippen molar-refractivity contribution < 1.29 is 4.79 Å². The van der Waals surface area contributed by atoms with E-state index in [-0.39, 0.29) is 5.78 Å². The van der Waals surface area contributed by atoms with E-state index in [0.717, 1.165) is 32.1 Å². The number of nitrogens with zero attached hydrogens (tertiary/aromatic N) is 2. The Morgan fingerprint density at radius 3 is 2.79 bits per heavy atom. The third kappa shape index (κ3) is 3.28. The van der Waals surface area contributed by atoms with Crippen molar-refractivity contribution >= 4 is 33.5 Å². The molecule has 0 aliphatic rings. The van der Waals surface area contributed by atoms with E-state index < -0.39 is 0 Å². The number of aromatic nitrogens is 2. The fraction of sp³-hybridized carbons (Fsp3) is 0.286. The molecule has 0 aliphatic heterocycles. The lowest BCUT2D eigenvalue weighted by atomic mass is 10.2. The molecule has 0 radical (unpaired) electrons. The first-order valence-corrected chi connectivity index (χ1v) is 7.68. The van der Waals surface area contributed by atoms with E-state index in [1.54, 1.807) is 18.7 Å². The number of halogens is 1. The molecule has 1 aromatic carbocycles. The lowest BCUT2D eigenvalue weighted by molar-refractivity contribution is 0.101. The zero-order valence-electron chi connectivity index (χ0n) is 11.1. The van der Waals surface area contributed by atoms with Crippen LogP contribution >= 0.6 is 27.7 Å². The van der Waals surface area contributed by atoms with E-state index in [9.17, 15) is 4.79 Å². The fourth-order valence-electron chi connectivity index (χ4n) is 1.79. The van der Waals surface area contributed by atoms with Gasteiger partial charge in [0.05, 0.1) is 15.9 Å². The van der Waals surface area contributed by atoms with Crippen LogP contribution in [0.3, 0.4) is 0 Å². The van der Waals surface area contributed by atoms with Crippen molar-refractivity contribution in [2.75, 3.05) is 0 Å². The summed E-state index contributed by atoms with van der Waals surface area (Å²) < 4.78 is 2.95. The Kier molecular flexibility index (Phi) is 4.47. The molecule has 1 heterocycles. The molecule has 100 valence electrons. The van der Waals surface area contributed by atoms with E-state index in [2.05, 4.69) is 21.0 Å². The number of carbonyl (C=O) groups is 1.